The molecule has 1 fully saturated rings. The van der Waals surface area contributed by atoms with Crippen LogP contribution in [0.3, 0.4) is 0 Å². The lowest BCUT2D eigenvalue weighted by Gasteiger charge is -2.38. The van der Waals surface area contributed by atoms with Gasteiger partial charge >= 0.3 is 18.0 Å². The number of nitrogens with one attached hydrogen (secondary N) is 4. The number of fused-ring (bicyclic) bond motifs is 10. The molecule has 1 saturated heterocycles. The van der Waals surface area contributed by atoms with Crippen molar-refractivity contribution in [3.05, 3.63) is 145 Å². The SMILES string of the molecule is CC[C@@]1(O)C(=O)OCc2c1cc1n(c2=O)Cc2c-1nc1cc(F)c(C)c3c1c2C(NC(=O)OCc1ccc(OC2OC(C(=O)O)C(O)C(O)C2O)c(CNC(=O)C(CNC(=O)CCOCCOC)NC(=O)CCCCC(=O)N2Cc4ccccc4-c4nnn(C)c4-c4ccccc42)c1)CC3. The van der Waals surface area contributed by atoms with Crippen LogP contribution in [0, 0.1) is 12.7 Å². The highest BCUT2D eigenvalue weighted by molar-refractivity contribution is 6.00. The second-order valence-electron chi connectivity index (χ2n) is 25.2. The summed E-state index contributed by atoms with van der Waals surface area (Å²) in [5.74, 6) is -5.40. The Bertz CT molecular complexity index is 4470. The summed E-state index contributed by atoms with van der Waals surface area (Å²) in [6, 6.07) is 19.9. The summed E-state index contributed by atoms with van der Waals surface area (Å²) in [6.45, 7) is 2.28. The Morgan fingerprint density at radius 1 is 0.850 bits per heavy atom. The summed E-state index contributed by atoms with van der Waals surface area (Å²) < 4.78 is 51.8. The number of hydrogen-bond donors (Lipinski definition) is 9. The number of esters is 1. The number of carbonyl (C=O) groups excluding carboxylic acids is 6. The first-order chi connectivity index (χ1) is 48.1. The van der Waals surface area contributed by atoms with Gasteiger partial charge in [-0.2, -0.15) is 0 Å². The number of aliphatic hydroxyl groups is 4. The molecule has 4 aromatic carbocycles. The monoisotopic (exact) mass is 1380 g/mol. The second kappa shape index (κ2) is 29.4. The highest BCUT2D eigenvalue weighted by atomic mass is 19.1. The van der Waals surface area contributed by atoms with Gasteiger partial charge in [-0.3, -0.25) is 24.0 Å². The number of carboxylic acids is 1. The van der Waals surface area contributed by atoms with Gasteiger partial charge in [0.1, 0.15) is 54.8 Å². The summed E-state index contributed by atoms with van der Waals surface area (Å²) in [5, 5.41) is 73.9. The molecule has 7 heterocycles. The van der Waals surface area contributed by atoms with Gasteiger partial charge in [-0.15, -0.1) is 5.10 Å². The van der Waals surface area contributed by atoms with Crippen LogP contribution in [0.2, 0.25) is 0 Å². The molecule has 8 atom stereocenters. The molecular weight excluding hydrogens is 1300 g/mol. The fourth-order valence-corrected chi connectivity index (χ4v) is 13.6. The molecule has 0 saturated carbocycles. The van der Waals surface area contributed by atoms with E-state index >= 15 is 4.39 Å². The van der Waals surface area contributed by atoms with Crippen LogP contribution in [-0.2, 0) is 104 Å². The number of aromatic nitrogens is 5. The fourth-order valence-electron chi connectivity index (χ4n) is 13.6. The van der Waals surface area contributed by atoms with Gasteiger partial charge in [0.25, 0.3) is 5.56 Å². The number of aryl methyl sites for hydroxylation is 2. The van der Waals surface area contributed by atoms with E-state index in [1.807, 2.05) is 48.5 Å². The largest absolute Gasteiger partial charge is 0.479 e. The van der Waals surface area contributed by atoms with Crippen LogP contribution < -0.4 is 36.5 Å². The number of amides is 5. The predicted octanol–water partition coefficient (Wildman–Crippen LogP) is 3.55. The molecule has 9 N–H and O–H groups in total. The average molecular weight is 1380 g/mol. The maximum atomic E-state index is 15.7. The molecule has 30 heteroatoms. The molecule has 0 spiro atoms. The van der Waals surface area contributed by atoms with Crippen molar-refractivity contribution in [2.24, 2.45) is 7.05 Å². The molecule has 526 valence electrons. The maximum absolute atomic E-state index is 15.7. The normalized spacial score (nSPS) is 20.4. The Labute approximate surface area is 570 Å². The minimum absolute atomic E-state index is 0.0170. The van der Waals surface area contributed by atoms with Crippen LogP contribution >= 0.6 is 0 Å². The number of pyridine rings is 2. The van der Waals surface area contributed by atoms with Gasteiger partial charge in [-0.1, -0.05) is 60.7 Å². The summed E-state index contributed by atoms with van der Waals surface area (Å²) in [6.07, 6.45) is -10.2. The Balaban J connectivity index is 0.759. The van der Waals surface area contributed by atoms with Crippen molar-refractivity contribution in [1.29, 1.82) is 0 Å². The van der Waals surface area contributed by atoms with Gasteiger partial charge in [0, 0.05) is 85.8 Å². The van der Waals surface area contributed by atoms with E-state index in [1.165, 1.54) is 42.0 Å². The van der Waals surface area contributed by atoms with E-state index in [0.717, 1.165) is 22.4 Å². The Morgan fingerprint density at radius 2 is 1.62 bits per heavy atom. The van der Waals surface area contributed by atoms with Crippen LogP contribution in [0.4, 0.5) is 14.9 Å². The number of ether oxygens (including phenoxy) is 6. The number of para-hydroxylation sites is 1. The maximum Gasteiger partial charge on any atom is 0.407 e. The van der Waals surface area contributed by atoms with Crippen molar-refractivity contribution < 1.29 is 91.9 Å². The minimum Gasteiger partial charge on any atom is -0.479 e. The molecular formula is C70H75FN10O19. The van der Waals surface area contributed by atoms with Crippen LogP contribution in [0.15, 0.2) is 83.7 Å². The number of carboxylic acid groups (broad SMARTS) is 1. The first-order valence-electron chi connectivity index (χ1n) is 32.8. The third-order valence-corrected chi connectivity index (χ3v) is 19.0. The Hall–Kier alpha value is -10.1. The molecule has 0 radical (unpaired) electrons. The number of nitrogens with zero attached hydrogens (tertiary/aromatic N) is 6. The average Bonchev–Trinajstić information content (AvgIpc) is 1.49. The molecule has 7 aromatic rings. The number of halogens is 1. The molecule has 5 aliphatic rings. The van der Waals surface area contributed by atoms with E-state index in [0.29, 0.717) is 45.4 Å². The smallest absolute Gasteiger partial charge is 0.407 e. The van der Waals surface area contributed by atoms with Gasteiger partial charge in [0.15, 0.2) is 11.7 Å². The van der Waals surface area contributed by atoms with Crippen LogP contribution in [-0.4, -0.2) is 162 Å². The van der Waals surface area contributed by atoms with Gasteiger partial charge in [-0.25, -0.2) is 28.4 Å². The molecule has 100 heavy (non-hydrogen) atoms. The number of carbonyl (C=O) groups is 7. The first-order valence-corrected chi connectivity index (χ1v) is 32.8. The van der Waals surface area contributed by atoms with Crippen molar-refractivity contribution in [3.63, 3.8) is 0 Å². The van der Waals surface area contributed by atoms with E-state index < -0.39 is 115 Å². The molecule has 0 bridgehead atoms. The lowest BCUT2D eigenvalue weighted by molar-refractivity contribution is -0.271. The lowest BCUT2D eigenvalue weighted by Crippen LogP contribution is -2.61. The minimum atomic E-state index is -2.12. The molecule has 7 unspecified atom stereocenters. The van der Waals surface area contributed by atoms with Crippen LogP contribution in [0.1, 0.15) is 108 Å². The lowest BCUT2D eigenvalue weighted by atomic mass is 9.81. The summed E-state index contributed by atoms with van der Waals surface area (Å²) in [5.41, 5.74) is 5.39. The number of cyclic esters (lactones) is 1. The van der Waals surface area contributed by atoms with Gasteiger partial charge < -0.3 is 84.7 Å². The number of rotatable bonds is 24. The summed E-state index contributed by atoms with van der Waals surface area (Å²) in [4.78, 5) is 116. The topological polar surface area (TPSA) is 393 Å². The highest BCUT2D eigenvalue weighted by Gasteiger charge is 2.49. The van der Waals surface area contributed by atoms with Crippen LogP contribution in [0.5, 0.6) is 5.75 Å². The first kappa shape index (κ1) is 69.8. The van der Waals surface area contributed by atoms with Crippen molar-refractivity contribution >= 4 is 58.3 Å². The summed E-state index contributed by atoms with van der Waals surface area (Å²) >= 11 is 0. The number of aliphatic hydroxyl groups excluding tert-OH is 3. The highest BCUT2D eigenvalue weighted by Crippen LogP contribution is 2.47. The van der Waals surface area contributed by atoms with Gasteiger partial charge in [0.2, 0.25) is 29.9 Å². The zero-order valence-corrected chi connectivity index (χ0v) is 55.1. The number of aliphatic carboxylic acids is 1. The van der Waals surface area contributed by atoms with Crippen molar-refractivity contribution in [2.45, 2.75) is 146 Å². The zero-order chi connectivity index (χ0) is 70.8. The molecule has 4 aliphatic heterocycles. The van der Waals surface area contributed by atoms with Gasteiger partial charge in [-0.05, 0) is 91.1 Å². The van der Waals surface area contributed by atoms with Crippen molar-refractivity contribution in [2.75, 3.05) is 38.4 Å². The number of methoxy groups -OCH3 is 1. The van der Waals surface area contributed by atoms with E-state index in [4.69, 9.17) is 33.4 Å². The van der Waals surface area contributed by atoms with E-state index in [-0.39, 0.29) is 135 Å². The van der Waals surface area contributed by atoms with Crippen LogP contribution in [0.25, 0.3) is 44.8 Å². The summed E-state index contributed by atoms with van der Waals surface area (Å²) in [7, 11) is 3.28. The standard InChI is InChI=1S/C70H75FN10O19/c1-5-70(94)44-27-50-57-42(32-81(50)65(89)43(44)34-97-68(70)92)56-46(20-19-39-35(2)45(71)28-47(75-57)55(39)56)76-69(93)98-33-36-18-21-51(99-67-62(87)60(85)61(86)63(100-67)66(90)91)38(26-36)29-73-64(88)48(30-72-52(82)22-23-96-25-24-95-4)74-53(83)16-10-11-17-54(84)80-31-37-12-6-7-13-40(37)58-59(79(3)78-77-58)41-14-8-9-15-49(41)80/h6-9,12-15,18,21,26-28,46,48,60-63,67,85-87,94H,5,10-11,16-17,19-20,22-25,29-34H2,1-4H3,(H,72,82)(H,73,88)(H,74,83)(H,76,93)(H,90,91)/t46?,48?,60?,61?,62?,63?,67?,70-/m0/s1. The quantitative estimate of drug-likeness (QED) is 0.0308. The third kappa shape index (κ3) is 13.7. The van der Waals surface area contributed by atoms with Crippen molar-refractivity contribution in [3.8, 4) is 39.7 Å². The van der Waals surface area contributed by atoms with Gasteiger partial charge in [0.05, 0.1) is 72.8 Å². The Morgan fingerprint density at radius 3 is 2.40 bits per heavy atom. The fraction of sp³-hybridized carbons (Fsp3) is 0.414. The predicted molar refractivity (Wildman–Crippen MR) is 351 cm³/mol. The number of benzene rings is 4. The van der Waals surface area contributed by atoms with E-state index in [9.17, 15) is 63.9 Å². The number of unbranched alkanes of at least 4 members (excludes halogenated alkanes) is 1. The molecule has 29 nitrogen and oxygen atoms in total. The third-order valence-electron chi connectivity index (χ3n) is 19.0. The van der Waals surface area contributed by atoms with E-state index in [2.05, 4.69) is 31.6 Å². The molecule has 5 amide bonds. The Kier molecular flexibility index (Phi) is 20.5. The number of anilines is 1. The molecule has 1 aliphatic carbocycles. The molecule has 3 aromatic heterocycles. The van der Waals surface area contributed by atoms with E-state index in [1.54, 1.807) is 30.5 Å². The molecule has 12 rings (SSSR count). The number of hydrogen-bond acceptors (Lipinski definition) is 21. The number of alkyl carbamates (subject to hydrolysis) is 1. The zero-order valence-electron chi connectivity index (χ0n) is 55.1. The van der Waals surface area contributed by atoms with Crippen molar-refractivity contribution in [1.82, 2.24) is 45.8 Å². The second-order valence-corrected chi connectivity index (χ2v) is 25.2.